The standard InChI is InChI=1S/C22H24N4O2/c27-20(18-5-2-1-3-6-18)16-23-14-11-17-7-9-19(10-8-17)26-22(28)15-21-24-12-4-13-25-21/h1-10,12-13,20,23,27H,11,14-16H2,(H,26,28)/t20-/m0/s1. The van der Waals surface area contributed by atoms with Crippen LogP contribution in [0, 0.1) is 0 Å². The van der Waals surface area contributed by atoms with Crippen molar-refractivity contribution in [1.82, 2.24) is 15.3 Å². The number of aliphatic hydroxyl groups excluding tert-OH is 1. The summed E-state index contributed by atoms with van der Waals surface area (Å²) in [6.45, 7) is 1.28. The first-order chi connectivity index (χ1) is 13.7. The van der Waals surface area contributed by atoms with Crippen LogP contribution in [0.4, 0.5) is 5.69 Å². The highest BCUT2D eigenvalue weighted by Gasteiger charge is 2.07. The molecule has 0 spiro atoms. The fourth-order valence-electron chi connectivity index (χ4n) is 2.79. The number of carbonyl (C=O) groups is 1. The van der Waals surface area contributed by atoms with E-state index in [0.717, 1.165) is 29.8 Å². The molecule has 28 heavy (non-hydrogen) atoms. The lowest BCUT2D eigenvalue weighted by atomic mass is 10.1. The van der Waals surface area contributed by atoms with Gasteiger partial charge in [-0.2, -0.15) is 0 Å². The predicted molar refractivity (Wildman–Crippen MR) is 109 cm³/mol. The van der Waals surface area contributed by atoms with E-state index >= 15 is 0 Å². The normalized spacial score (nSPS) is 11.8. The summed E-state index contributed by atoms with van der Waals surface area (Å²) < 4.78 is 0. The summed E-state index contributed by atoms with van der Waals surface area (Å²) in [7, 11) is 0. The number of nitrogens with zero attached hydrogens (tertiary/aromatic N) is 2. The van der Waals surface area contributed by atoms with Gasteiger partial charge in [-0.15, -0.1) is 0 Å². The molecule has 2 aromatic carbocycles. The first-order valence-corrected chi connectivity index (χ1v) is 9.29. The van der Waals surface area contributed by atoms with E-state index in [0.29, 0.717) is 12.4 Å². The average molecular weight is 376 g/mol. The van der Waals surface area contributed by atoms with Gasteiger partial charge in [-0.3, -0.25) is 4.79 Å². The van der Waals surface area contributed by atoms with E-state index in [4.69, 9.17) is 0 Å². The monoisotopic (exact) mass is 376 g/mol. The lowest BCUT2D eigenvalue weighted by Gasteiger charge is -2.12. The summed E-state index contributed by atoms with van der Waals surface area (Å²) in [5.74, 6) is 0.357. The fourth-order valence-corrected chi connectivity index (χ4v) is 2.79. The van der Waals surface area contributed by atoms with Crippen molar-refractivity contribution in [3.05, 3.63) is 90.0 Å². The minimum atomic E-state index is -0.507. The van der Waals surface area contributed by atoms with E-state index in [1.54, 1.807) is 18.5 Å². The van der Waals surface area contributed by atoms with Gasteiger partial charge in [0, 0.05) is 24.6 Å². The van der Waals surface area contributed by atoms with Gasteiger partial charge in [-0.1, -0.05) is 42.5 Å². The molecule has 0 aliphatic heterocycles. The molecule has 144 valence electrons. The smallest absolute Gasteiger partial charge is 0.232 e. The Balaban J connectivity index is 1.39. The molecule has 1 aromatic heterocycles. The number of aliphatic hydroxyl groups is 1. The molecule has 0 saturated carbocycles. The molecule has 3 rings (SSSR count). The largest absolute Gasteiger partial charge is 0.387 e. The number of benzene rings is 2. The number of anilines is 1. The molecule has 6 nitrogen and oxygen atoms in total. The summed E-state index contributed by atoms with van der Waals surface area (Å²) in [4.78, 5) is 20.1. The van der Waals surface area contributed by atoms with Crippen LogP contribution in [0.2, 0.25) is 0 Å². The summed E-state index contributed by atoms with van der Waals surface area (Å²) >= 11 is 0. The zero-order valence-corrected chi connectivity index (χ0v) is 15.6. The van der Waals surface area contributed by atoms with Crippen molar-refractivity contribution in [3.8, 4) is 0 Å². The molecular formula is C22H24N4O2. The van der Waals surface area contributed by atoms with Gasteiger partial charge < -0.3 is 15.7 Å². The number of nitrogens with one attached hydrogen (secondary N) is 2. The molecule has 1 heterocycles. The molecule has 0 saturated heterocycles. The van der Waals surface area contributed by atoms with Crippen molar-refractivity contribution in [2.24, 2.45) is 0 Å². The van der Waals surface area contributed by atoms with Gasteiger partial charge >= 0.3 is 0 Å². The maximum atomic E-state index is 12.0. The topological polar surface area (TPSA) is 87.1 Å². The maximum absolute atomic E-state index is 12.0. The Hall–Kier alpha value is -3.09. The second-order valence-corrected chi connectivity index (χ2v) is 6.47. The summed E-state index contributed by atoms with van der Waals surface area (Å²) in [5.41, 5.74) is 2.82. The molecule has 3 aromatic rings. The van der Waals surface area contributed by atoms with E-state index < -0.39 is 6.10 Å². The highest BCUT2D eigenvalue weighted by molar-refractivity contribution is 5.91. The Kier molecular flexibility index (Phi) is 7.23. The van der Waals surface area contributed by atoms with Crippen molar-refractivity contribution in [3.63, 3.8) is 0 Å². The van der Waals surface area contributed by atoms with Crippen molar-refractivity contribution >= 4 is 11.6 Å². The number of hydrogen-bond donors (Lipinski definition) is 3. The molecule has 0 radical (unpaired) electrons. The molecule has 0 aliphatic carbocycles. The number of aromatic nitrogens is 2. The maximum Gasteiger partial charge on any atom is 0.232 e. The van der Waals surface area contributed by atoms with Gasteiger partial charge in [-0.05, 0) is 42.3 Å². The minimum absolute atomic E-state index is 0.143. The Bertz CT molecular complexity index is 855. The highest BCUT2D eigenvalue weighted by atomic mass is 16.3. The lowest BCUT2D eigenvalue weighted by molar-refractivity contribution is -0.115. The molecule has 0 unspecified atom stereocenters. The van der Waals surface area contributed by atoms with Crippen LogP contribution in [0.3, 0.4) is 0 Å². The van der Waals surface area contributed by atoms with Crippen LogP contribution >= 0.6 is 0 Å². The Morgan fingerprint density at radius 3 is 2.39 bits per heavy atom. The van der Waals surface area contributed by atoms with Crippen LogP contribution in [0.25, 0.3) is 0 Å². The second-order valence-electron chi connectivity index (χ2n) is 6.47. The summed E-state index contributed by atoms with van der Waals surface area (Å²) in [6.07, 6.45) is 3.73. The third-order valence-corrected chi connectivity index (χ3v) is 4.29. The molecule has 1 amide bonds. The first kappa shape index (κ1) is 19.7. The zero-order chi connectivity index (χ0) is 19.6. The van der Waals surface area contributed by atoms with Crippen LogP contribution in [0.1, 0.15) is 23.1 Å². The van der Waals surface area contributed by atoms with Crippen LogP contribution in [-0.2, 0) is 17.6 Å². The summed E-state index contributed by atoms with van der Waals surface area (Å²) in [6, 6.07) is 19.1. The van der Waals surface area contributed by atoms with E-state index in [-0.39, 0.29) is 12.3 Å². The molecule has 1 atom stereocenters. The lowest BCUT2D eigenvalue weighted by Crippen LogP contribution is -2.23. The van der Waals surface area contributed by atoms with Crippen molar-refractivity contribution in [1.29, 1.82) is 0 Å². The van der Waals surface area contributed by atoms with Gasteiger partial charge in [0.25, 0.3) is 0 Å². The first-order valence-electron chi connectivity index (χ1n) is 9.29. The molecule has 0 aliphatic rings. The Morgan fingerprint density at radius 1 is 0.964 bits per heavy atom. The average Bonchev–Trinajstić information content (AvgIpc) is 2.73. The molecule has 0 fully saturated rings. The SMILES string of the molecule is O=C(Cc1ncccn1)Nc1ccc(CCNC[C@H](O)c2ccccc2)cc1. The van der Waals surface area contributed by atoms with Crippen LogP contribution in [0.5, 0.6) is 0 Å². The Morgan fingerprint density at radius 2 is 1.68 bits per heavy atom. The van der Waals surface area contributed by atoms with Crippen molar-refractivity contribution < 1.29 is 9.90 Å². The number of amides is 1. The van der Waals surface area contributed by atoms with E-state index in [1.807, 2.05) is 54.6 Å². The van der Waals surface area contributed by atoms with Crippen LogP contribution < -0.4 is 10.6 Å². The van der Waals surface area contributed by atoms with Gasteiger partial charge in [0.1, 0.15) is 5.82 Å². The molecule has 0 bridgehead atoms. The quantitative estimate of drug-likeness (QED) is 0.500. The number of carbonyl (C=O) groups excluding carboxylic acids is 1. The molecular weight excluding hydrogens is 352 g/mol. The number of rotatable bonds is 9. The number of hydrogen-bond acceptors (Lipinski definition) is 5. The van der Waals surface area contributed by atoms with Crippen LogP contribution in [0.15, 0.2) is 73.1 Å². The second kappa shape index (κ2) is 10.3. The van der Waals surface area contributed by atoms with Gasteiger partial charge in [-0.25, -0.2) is 9.97 Å². The van der Waals surface area contributed by atoms with Crippen molar-refractivity contribution in [2.75, 3.05) is 18.4 Å². The van der Waals surface area contributed by atoms with Gasteiger partial charge in [0.2, 0.25) is 5.91 Å². The van der Waals surface area contributed by atoms with Gasteiger partial charge in [0.05, 0.1) is 12.5 Å². The third kappa shape index (κ3) is 6.26. The third-order valence-electron chi connectivity index (χ3n) is 4.29. The molecule has 3 N–H and O–H groups in total. The predicted octanol–water partition coefficient (Wildman–Crippen LogP) is 2.52. The van der Waals surface area contributed by atoms with Crippen LogP contribution in [-0.4, -0.2) is 34.1 Å². The highest BCUT2D eigenvalue weighted by Crippen LogP contribution is 2.12. The van der Waals surface area contributed by atoms with E-state index in [2.05, 4.69) is 20.6 Å². The van der Waals surface area contributed by atoms with Gasteiger partial charge in [0.15, 0.2) is 0 Å². The summed E-state index contributed by atoms with van der Waals surface area (Å²) in [5, 5.41) is 16.3. The van der Waals surface area contributed by atoms with Crippen molar-refractivity contribution in [2.45, 2.75) is 18.9 Å². The zero-order valence-electron chi connectivity index (χ0n) is 15.6. The van der Waals surface area contributed by atoms with E-state index in [1.165, 1.54) is 0 Å². The Labute approximate surface area is 164 Å². The minimum Gasteiger partial charge on any atom is -0.387 e. The van der Waals surface area contributed by atoms with E-state index in [9.17, 15) is 9.90 Å². The molecule has 6 heteroatoms. The fraction of sp³-hybridized carbons (Fsp3) is 0.227.